The van der Waals surface area contributed by atoms with Crippen LogP contribution in [0.5, 0.6) is 0 Å². The van der Waals surface area contributed by atoms with Crippen LogP contribution in [0.15, 0.2) is 30.3 Å². The van der Waals surface area contributed by atoms with Gasteiger partial charge in [-0.05, 0) is 24.3 Å². The molecule has 1 nitrogen and oxygen atoms in total. The number of nitrogens with two attached hydrogens (primary N) is 1. The van der Waals surface area contributed by atoms with Gasteiger partial charge in [-0.2, -0.15) is 0 Å². The fraction of sp³-hybridized carbons (Fsp3) is 0. The summed E-state index contributed by atoms with van der Waals surface area (Å²) in [7, 11) is 0. The lowest BCUT2D eigenvalue weighted by molar-refractivity contribution is 0.588. The summed E-state index contributed by atoms with van der Waals surface area (Å²) in [4.78, 5) is 0. The van der Waals surface area contributed by atoms with Crippen LogP contribution in [0.25, 0.3) is 11.1 Å². The molecule has 0 saturated carbocycles. The maximum atomic E-state index is 13.6. The summed E-state index contributed by atoms with van der Waals surface area (Å²) in [5.74, 6) is -1.54. The van der Waals surface area contributed by atoms with Crippen molar-refractivity contribution < 1.29 is 8.78 Å². The maximum absolute atomic E-state index is 13.6. The van der Waals surface area contributed by atoms with E-state index >= 15 is 0 Å². The van der Waals surface area contributed by atoms with Crippen molar-refractivity contribution in [2.45, 2.75) is 0 Å². The largest absolute Gasteiger partial charge is 0.396 e. The molecular formula is C12H7Cl2F2N. The molecule has 88 valence electrons. The average Bonchev–Trinajstić information content (AvgIpc) is 2.27. The summed E-state index contributed by atoms with van der Waals surface area (Å²) in [6.07, 6.45) is 0. The van der Waals surface area contributed by atoms with Gasteiger partial charge in [-0.25, -0.2) is 8.78 Å². The monoisotopic (exact) mass is 273 g/mol. The van der Waals surface area contributed by atoms with Crippen LogP contribution in [0.4, 0.5) is 14.5 Å². The topological polar surface area (TPSA) is 26.0 Å². The van der Waals surface area contributed by atoms with Crippen molar-refractivity contribution in [2.24, 2.45) is 0 Å². The smallest absolute Gasteiger partial charge is 0.149 e. The van der Waals surface area contributed by atoms with E-state index < -0.39 is 11.6 Å². The van der Waals surface area contributed by atoms with Crippen LogP contribution in [0, 0.1) is 11.6 Å². The Morgan fingerprint density at radius 2 is 1.59 bits per heavy atom. The fourth-order valence-electron chi connectivity index (χ4n) is 1.48. The number of rotatable bonds is 1. The highest BCUT2D eigenvalue weighted by molar-refractivity contribution is 6.35. The SMILES string of the molecule is Nc1cc(-c2cc(Cl)ccc2Cl)c(F)cc1F. The quantitative estimate of drug-likeness (QED) is 0.760. The first-order valence-electron chi connectivity index (χ1n) is 4.69. The molecule has 0 saturated heterocycles. The zero-order valence-corrected chi connectivity index (χ0v) is 9.99. The van der Waals surface area contributed by atoms with E-state index in [-0.39, 0.29) is 11.3 Å². The molecule has 0 bridgehead atoms. The number of nitrogen functional groups attached to an aromatic ring is 1. The van der Waals surface area contributed by atoms with E-state index in [2.05, 4.69) is 0 Å². The first-order chi connectivity index (χ1) is 7.99. The van der Waals surface area contributed by atoms with Crippen molar-refractivity contribution in [3.05, 3.63) is 52.0 Å². The van der Waals surface area contributed by atoms with Gasteiger partial charge in [-0.3, -0.25) is 0 Å². The van der Waals surface area contributed by atoms with Crippen molar-refractivity contribution >= 4 is 28.9 Å². The first-order valence-corrected chi connectivity index (χ1v) is 5.44. The second-order valence-electron chi connectivity index (χ2n) is 3.48. The van der Waals surface area contributed by atoms with Gasteiger partial charge < -0.3 is 5.73 Å². The number of halogens is 4. The molecule has 0 aliphatic heterocycles. The van der Waals surface area contributed by atoms with Crippen LogP contribution >= 0.6 is 23.2 Å². The molecule has 0 aliphatic rings. The van der Waals surface area contributed by atoms with Crippen LogP contribution in [0.3, 0.4) is 0 Å². The van der Waals surface area contributed by atoms with Crippen LogP contribution in [-0.2, 0) is 0 Å². The van der Waals surface area contributed by atoms with Crippen molar-refractivity contribution in [2.75, 3.05) is 5.73 Å². The maximum Gasteiger partial charge on any atom is 0.149 e. The molecule has 5 heteroatoms. The summed E-state index contributed by atoms with van der Waals surface area (Å²) in [5.41, 5.74) is 5.76. The molecule has 0 aliphatic carbocycles. The Labute approximate surface area is 107 Å². The normalized spacial score (nSPS) is 10.6. The lowest BCUT2D eigenvalue weighted by Gasteiger charge is -2.08. The molecule has 0 unspecified atom stereocenters. The van der Waals surface area contributed by atoms with Crippen molar-refractivity contribution in [1.82, 2.24) is 0 Å². The van der Waals surface area contributed by atoms with Crippen LogP contribution in [0.1, 0.15) is 0 Å². The second kappa shape index (κ2) is 4.51. The number of hydrogen-bond donors (Lipinski definition) is 1. The zero-order valence-electron chi connectivity index (χ0n) is 8.48. The predicted molar refractivity (Wildman–Crippen MR) is 66.2 cm³/mol. The third-order valence-corrected chi connectivity index (χ3v) is 2.87. The number of hydrogen-bond acceptors (Lipinski definition) is 1. The second-order valence-corrected chi connectivity index (χ2v) is 4.32. The minimum Gasteiger partial charge on any atom is -0.396 e. The van der Waals surface area contributed by atoms with Gasteiger partial charge in [0.15, 0.2) is 0 Å². The molecule has 0 radical (unpaired) electrons. The van der Waals surface area contributed by atoms with Gasteiger partial charge >= 0.3 is 0 Å². The minimum absolute atomic E-state index is 0.122. The van der Waals surface area contributed by atoms with Crippen molar-refractivity contribution in [3.63, 3.8) is 0 Å². The van der Waals surface area contributed by atoms with E-state index in [1.54, 1.807) is 6.07 Å². The molecular weight excluding hydrogens is 267 g/mol. The third kappa shape index (κ3) is 2.35. The van der Waals surface area contributed by atoms with Gasteiger partial charge in [0.05, 0.1) is 5.69 Å². The molecule has 0 spiro atoms. The molecule has 2 aromatic carbocycles. The molecule has 2 rings (SSSR count). The van der Waals surface area contributed by atoms with Gasteiger partial charge in [0.25, 0.3) is 0 Å². The number of anilines is 1. The summed E-state index contributed by atoms with van der Waals surface area (Å²) in [6, 6.07) is 6.54. The van der Waals surface area contributed by atoms with E-state index in [4.69, 9.17) is 28.9 Å². The van der Waals surface area contributed by atoms with Crippen LogP contribution < -0.4 is 5.73 Å². The van der Waals surface area contributed by atoms with Crippen LogP contribution in [0.2, 0.25) is 10.0 Å². The molecule has 0 aromatic heterocycles. The molecule has 0 heterocycles. The molecule has 17 heavy (non-hydrogen) atoms. The Kier molecular flexibility index (Phi) is 3.22. The first kappa shape index (κ1) is 12.1. The van der Waals surface area contributed by atoms with Gasteiger partial charge in [0, 0.05) is 27.2 Å². The Morgan fingerprint density at radius 1 is 0.882 bits per heavy atom. The number of benzene rings is 2. The van der Waals surface area contributed by atoms with Gasteiger partial charge in [-0.1, -0.05) is 23.2 Å². The van der Waals surface area contributed by atoms with E-state index in [9.17, 15) is 8.78 Å². The molecule has 2 N–H and O–H groups in total. The standard InChI is InChI=1S/C12H7Cl2F2N/c13-6-1-2-9(14)7(3-6)8-4-12(17)11(16)5-10(8)15/h1-5H,17H2. The van der Waals surface area contributed by atoms with Crippen molar-refractivity contribution in [1.29, 1.82) is 0 Å². The fourth-order valence-corrected chi connectivity index (χ4v) is 1.87. The van der Waals surface area contributed by atoms with Gasteiger partial charge in [0.1, 0.15) is 11.6 Å². The van der Waals surface area contributed by atoms with Gasteiger partial charge in [-0.15, -0.1) is 0 Å². The predicted octanol–water partition coefficient (Wildman–Crippen LogP) is 4.52. The summed E-state index contributed by atoms with van der Waals surface area (Å²) < 4.78 is 26.7. The third-order valence-electron chi connectivity index (χ3n) is 2.30. The Morgan fingerprint density at radius 3 is 2.29 bits per heavy atom. The van der Waals surface area contributed by atoms with Gasteiger partial charge in [0.2, 0.25) is 0 Å². The van der Waals surface area contributed by atoms with Crippen molar-refractivity contribution in [3.8, 4) is 11.1 Å². The summed E-state index contributed by atoms with van der Waals surface area (Å²) >= 11 is 11.7. The minimum atomic E-state index is -0.801. The lowest BCUT2D eigenvalue weighted by Crippen LogP contribution is -1.95. The highest BCUT2D eigenvalue weighted by atomic mass is 35.5. The Bertz CT molecular complexity index is 585. The van der Waals surface area contributed by atoms with E-state index in [1.165, 1.54) is 18.2 Å². The zero-order chi connectivity index (χ0) is 12.6. The lowest BCUT2D eigenvalue weighted by atomic mass is 10.0. The Hall–Kier alpha value is -1.32. The summed E-state index contributed by atoms with van der Waals surface area (Å²) in [5, 5.41) is 0.728. The Balaban J connectivity index is 2.68. The molecule has 0 fully saturated rings. The highest BCUT2D eigenvalue weighted by Gasteiger charge is 2.12. The van der Waals surface area contributed by atoms with E-state index in [0.717, 1.165) is 6.07 Å². The van der Waals surface area contributed by atoms with E-state index in [0.29, 0.717) is 15.6 Å². The molecule has 0 amide bonds. The van der Waals surface area contributed by atoms with E-state index in [1.807, 2.05) is 0 Å². The molecule has 0 atom stereocenters. The highest BCUT2D eigenvalue weighted by Crippen LogP contribution is 2.34. The summed E-state index contributed by atoms with van der Waals surface area (Å²) in [6.45, 7) is 0. The van der Waals surface area contributed by atoms with Crippen LogP contribution in [-0.4, -0.2) is 0 Å². The molecule has 2 aromatic rings. The average molecular weight is 274 g/mol.